The van der Waals surface area contributed by atoms with E-state index in [1.54, 1.807) is 6.92 Å². The second kappa shape index (κ2) is 8.50. The number of hydrogen-bond acceptors (Lipinski definition) is 6. The Kier molecular flexibility index (Phi) is 7.34. The van der Waals surface area contributed by atoms with E-state index in [0.29, 0.717) is 12.0 Å². The highest BCUT2D eigenvalue weighted by atomic mass is 31.2. The van der Waals surface area contributed by atoms with Crippen molar-refractivity contribution in [1.82, 2.24) is 9.55 Å². The average Bonchev–Trinajstić information content (AvgIpc) is 2.81. The Morgan fingerprint density at radius 1 is 1.52 bits per heavy atom. The molecule has 1 aliphatic heterocycles. The van der Waals surface area contributed by atoms with Gasteiger partial charge in [-0.3, -0.25) is 14.3 Å². The fraction of sp³-hybridized carbons (Fsp3) is 0.600. The van der Waals surface area contributed by atoms with Gasteiger partial charge in [0.25, 0.3) is 5.56 Å². The molecule has 3 N–H and O–H groups in total. The van der Waals surface area contributed by atoms with Gasteiger partial charge >= 0.3 is 14.3 Å². The topological polar surface area (TPSA) is 114 Å². The van der Waals surface area contributed by atoms with E-state index in [0.717, 1.165) is 6.42 Å². The third-order valence-electron chi connectivity index (χ3n) is 2.68. The summed E-state index contributed by atoms with van der Waals surface area (Å²) in [5, 5.41) is 0. The molecule has 0 amide bonds. The van der Waals surface area contributed by atoms with Crippen molar-refractivity contribution in [3.63, 3.8) is 0 Å². The Morgan fingerprint density at radius 2 is 2.19 bits per heavy atom. The van der Waals surface area contributed by atoms with Crippen LogP contribution in [0.5, 0.6) is 0 Å². The van der Waals surface area contributed by atoms with Crippen molar-refractivity contribution in [2.75, 3.05) is 6.51 Å². The third-order valence-corrected chi connectivity index (χ3v) is 3.06. The van der Waals surface area contributed by atoms with Crippen LogP contribution in [0.15, 0.2) is 15.8 Å². The van der Waals surface area contributed by atoms with E-state index in [1.165, 1.54) is 10.8 Å². The number of nitrogens with one attached hydrogen (secondary N) is 1. The molecule has 1 unspecified atom stereocenters. The minimum atomic E-state index is -2.23. The number of aromatic amines is 1. The van der Waals surface area contributed by atoms with Gasteiger partial charge < -0.3 is 19.0 Å². The third kappa shape index (κ3) is 5.76. The molecule has 2 atom stereocenters. The van der Waals surface area contributed by atoms with Crippen LogP contribution in [0.3, 0.4) is 0 Å². The van der Waals surface area contributed by atoms with E-state index in [2.05, 4.69) is 9.51 Å². The van der Waals surface area contributed by atoms with Crippen LogP contribution in [0.4, 0.5) is 0 Å². The molecule has 112 valence electrons. The van der Waals surface area contributed by atoms with E-state index >= 15 is 0 Å². The first-order valence-electron chi connectivity index (χ1n) is 6.09. The van der Waals surface area contributed by atoms with Gasteiger partial charge in [-0.05, 0) is 19.8 Å². The fourth-order valence-electron chi connectivity index (χ4n) is 1.72. The summed E-state index contributed by atoms with van der Waals surface area (Å²) in [5.74, 6) is 0. The van der Waals surface area contributed by atoms with Gasteiger partial charge in [0.1, 0.15) is 21.9 Å². The smallest absolute Gasteiger partial charge is 0.330 e. The van der Waals surface area contributed by atoms with Crippen molar-refractivity contribution in [3.8, 4) is 0 Å². The van der Waals surface area contributed by atoms with Gasteiger partial charge in [-0.1, -0.05) is 0 Å². The molecule has 1 aromatic heterocycles. The summed E-state index contributed by atoms with van der Waals surface area (Å²) < 4.78 is 10.7. The van der Waals surface area contributed by atoms with Crippen molar-refractivity contribution in [2.24, 2.45) is 0 Å². The van der Waals surface area contributed by atoms with Gasteiger partial charge in [-0.25, -0.2) is 4.79 Å². The van der Waals surface area contributed by atoms with Crippen LogP contribution in [0.25, 0.3) is 0 Å². The van der Waals surface area contributed by atoms with Crippen molar-refractivity contribution < 1.29 is 19.0 Å². The molecule has 4 radical (unpaired) electrons. The highest BCUT2D eigenvalue weighted by Crippen LogP contribution is 2.24. The predicted molar refractivity (Wildman–Crippen MR) is 78.0 cm³/mol. The number of ether oxygens (including phenoxy) is 1. The normalized spacial score (nSPS) is 21.1. The Bertz CT molecular complexity index is 563. The van der Waals surface area contributed by atoms with Gasteiger partial charge in [-0.15, -0.1) is 0 Å². The Morgan fingerprint density at radius 3 is 2.62 bits per heavy atom. The Balaban J connectivity index is 0.000000315. The molecule has 0 aromatic carbocycles. The van der Waals surface area contributed by atoms with Crippen molar-refractivity contribution >= 4 is 24.3 Å². The minimum absolute atomic E-state index is 0.140. The molecule has 21 heavy (non-hydrogen) atoms. The zero-order valence-electron chi connectivity index (χ0n) is 11.4. The van der Waals surface area contributed by atoms with Crippen molar-refractivity contribution in [3.05, 3.63) is 32.6 Å². The molecule has 1 saturated heterocycles. The van der Waals surface area contributed by atoms with E-state index < -0.39 is 14.3 Å². The van der Waals surface area contributed by atoms with Crippen molar-refractivity contribution in [1.29, 1.82) is 0 Å². The molecule has 0 saturated carbocycles. The lowest BCUT2D eigenvalue weighted by atomic mass is 9.98. The molecule has 8 nitrogen and oxygen atoms in total. The summed E-state index contributed by atoms with van der Waals surface area (Å²) in [7, 11) is 8.05. The monoisotopic (exact) mass is 312 g/mol. The first kappa shape index (κ1) is 18.1. The number of rotatable bonds is 3. The van der Waals surface area contributed by atoms with Crippen molar-refractivity contribution in [2.45, 2.75) is 32.0 Å². The van der Waals surface area contributed by atoms with Crippen LogP contribution in [0.1, 0.15) is 24.6 Å². The molecule has 0 aliphatic carbocycles. The van der Waals surface area contributed by atoms with E-state index in [9.17, 15) is 9.59 Å². The summed E-state index contributed by atoms with van der Waals surface area (Å²) >= 11 is 0. The van der Waals surface area contributed by atoms with Crippen LogP contribution < -0.4 is 11.2 Å². The summed E-state index contributed by atoms with van der Waals surface area (Å²) in [6.45, 7) is 1.50. The van der Waals surface area contributed by atoms with Crippen LogP contribution >= 0.6 is 8.60 Å². The van der Waals surface area contributed by atoms with E-state index in [-0.39, 0.29) is 24.3 Å². The summed E-state index contributed by atoms with van der Waals surface area (Å²) in [6, 6.07) is -0.325. The molecular formula is C10H15B2N2O6P. The summed E-state index contributed by atoms with van der Waals surface area (Å²) in [6.07, 6.45) is 2.55. The Labute approximate surface area is 124 Å². The van der Waals surface area contributed by atoms with Crippen LogP contribution in [0.2, 0.25) is 0 Å². The highest BCUT2D eigenvalue weighted by molar-refractivity contribution is 7.39. The Hall–Kier alpha value is -0.920. The predicted octanol–water partition coefficient (Wildman–Crippen LogP) is -1.01. The second-order valence-electron chi connectivity index (χ2n) is 4.23. The molecule has 1 aliphatic rings. The molecule has 0 bridgehead atoms. The largest absolute Gasteiger partial charge is 0.364 e. The maximum atomic E-state index is 11.5. The maximum absolute atomic E-state index is 11.5. The maximum Gasteiger partial charge on any atom is 0.330 e. The molecule has 1 fully saturated rings. The fourth-order valence-corrected chi connectivity index (χ4v) is 1.85. The highest BCUT2D eigenvalue weighted by Gasteiger charge is 2.23. The number of aryl methyl sites for hydroxylation is 1. The van der Waals surface area contributed by atoms with Gasteiger partial charge in [0.15, 0.2) is 0 Å². The molecule has 0 spiro atoms. The minimum Gasteiger partial charge on any atom is -0.364 e. The second-order valence-corrected chi connectivity index (χ2v) is 5.00. The van der Waals surface area contributed by atoms with E-state index in [4.69, 9.17) is 30.2 Å². The molecule has 1 aromatic rings. The zero-order chi connectivity index (χ0) is 16.0. The number of H-pyrrole nitrogens is 1. The average molecular weight is 312 g/mol. The first-order valence-corrected chi connectivity index (χ1v) is 7.25. The molecule has 11 heteroatoms. The van der Waals surface area contributed by atoms with Gasteiger partial charge in [0.05, 0.1) is 0 Å². The SMILES string of the molecule is [B]COP(O)O.[B][C@@H]1CCC(n2cc(C)c(=O)[nH]c2=O)O1. The lowest BCUT2D eigenvalue weighted by Crippen LogP contribution is -2.33. The molecule has 2 rings (SSSR count). The van der Waals surface area contributed by atoms with Gasteiger partial charge in [-0.2, -0.15) is 0 Å². The van der Waals surface area contributed by atoms with Gasteiger partial charge in [0.2, 0.25) is 0 Å². The van der Waals surface area contributed by atoms with Gasteiger partial charge in [0, 0.05) is 24.3 Å². The quantitative estimate of drug-likeness (QED) is 0.487. The summed E-state index contributed by atoms with van der Waals surface area (Å²) in [4.78, 5) is 40.6. The standard InChI is InChI=1S/C9H11BN2O3.CH4BO3P/c1-5-4-12(9(14)11-8(5)13)7-3-2-6(10)15-7;2-1-5-6(3)4/h4,6-7H,2-3H2,1H3,(H,11,13,14);3-4H,1H2/t6-,7?;/m0./s1. The lowest BCUT2D eigenvalue weighted by molar-refractivity contribution is 0.0339. The van der Waals surface area contributed by atoms with Crippen LogP contribution in [-0.2, 0) is 9.26 Å². The lowest BCUT2D eigenvalue weighted by Gasteiger charge is -2.14. The van der Waals surface area contributed by atoms with Crippen LogP contribution in [-0.4, -0.2) is 47.5 Å². The molecule has 2 heterocycles. The van der Waals surface area contributed by atoms with Crippen LogP contribution in [0, 0.1) is 6.92 Å². The first-order chi connectivity index (χ1) is 9.85. The number of aromatic nitrogens is 2. The number of nitrogens with zero attached hydrogens (tertiary/aromatic N) is 1. The zero-order valence-corrected chi connectivity index (χ0v) is 12.3. The van der Waals surface area contributed by atoms with E-state index in [1.807, 2.05) is 0 Å². The molecular weight excluding hydrogens is 297 g/mol. The summed E-state index contributed by atoms with van der Waals surface area (Å²) in [5.41, 5.74) is -0.332. The number of hydrogen-bond donors (Lipinski definition) is 3.